The van der Waals surface area contributed by atoms with Crippen LogP contribution in [0.3, 0.4) is 0 Å². The Morgan fingerprint density at radius 3 is 2.04 bits per heavy atom. The molecule has 2 aliphatic carbocycles. The normalized spacial score (nSPS) is 16.6. The fourth-order valence-electron chi connectivity index (χ4n) is 4.94. The van der Waals surface area contributed by atoms with Gasteiger partial charge in [-0.2, -0.15) is 0 Å². The van der Waals surface area contributed by atoms with E-state index in [1.54, 1.807) is 0 Å². The molecule has 3 heteroatoms. The van der Waals surface area contributed by atoms with Gasteiger partial charge < -0.3 is 10.0 Å². The maximum absolute atomic E-state index is 9.85. The standard InChI is InChI=1S/C25H21BO2/c27-26(28)20-15-16-22-21-13-7-8-14-23(21)25(24(22)17-20,18-9-3-1-4-10-18)19-11-5-2-6-12-19/h1-7,9-13,15-17,27-28H,8,14H2. The van der Waals surface area contributed by atoms with Gasteiger partial charge in [0, 0.05) is 0 Å². The third kappa shape index (κ3) is 2.37. The molecule has 0 unspecified atom stereocenters. The van der Waals surface area contributed by atoms with E-state index in [4.69, 9.17) is 0 Å². The van der Waals surface area contributed by atoms with Gasteiger partial charge in [-0.05, 0) is 51.7 Å². The van der Waals surface area contributed by atoms with E-state index in [0.29, 0.717) is 5.46 Å². The molecule has 0 heterocycles. The summed E-state index contributed by atoms with van der Waals surface area (Å²) in [7, 11) is -1.48. The Hall–Kier alpha value is -2.88. The Kier molecular flexibility index (Phi) is 4.08. The summed E-state index contributed by atoms with van der Waals surface area (Å²) in [6.45, 7) is 0. The summed E-state index contributed by atoms with van der Waals surface area (Å²) in [5.74, 6) is 0. The highest BCUT2D eigenvalue weighted by atomic mass is 16.4. The molecule has 2 aliphatic rings. The minimum Gasteiger partial charge on any atom is -0.423 e. The van der Waals surface area contributed by atoms with Crippen molar-refractivity contribution in [2.24, 2.45) is 0 Å². The number of rotatable bonds is 3. The van der Waals surface area contributed by atoms with Gasteiger partial charge in [-0.1, -0.05) is 91.0 Å². The second kappa shape index (κ2) is 6.63. The van der Waals surface area contributed by atoms with Gasteiger partial charge in [0.1, 0.15) is 0 Å². The number of hydrogen-bond acceptors (Lipinski definition) is 2. The number of hydrogen-bond donors (Lipinski definition) is 2. The lowest BCUT2D eigenvalue weighted by atomic mass is 9.64. The van der Waals surface area contributed by atoms with Crippen molar-refractivity contribution in [3.8, 4) is 0 Å². The summed E-state index contributed by atoms with van der Waals surface area (Å²) in [5.41, 5.74) is 7.52. The third-order valence-corrected chi connectivity index (χ3v) is 6.07. The van der Waals surface area contributed by atoms with Crippen molar-refractivity contribution in [2.75, 3.05) is 0 Å². The zero-order chi connectivity index (χ0) is 19.1. The zero-order valence-corrected chi connectivity index (χ0v) is 15.5. The van der Waals surface area contributed by atoms with Crippen LogP contribution in [0.15, 0.2) is 96.6 Å². The van der Waals surface area contributed by atoms with Gasteiger partial charge in [-0.3, -0.25) is 0 Å². The highest BCUT2D eigenvalue weighted by Crippen LogP contribution is 2.56. The minimum absolute atomic E-state index is 0.414. The van der Waals surface area contributed by atoms with Crippen molar-refractivity contribution < 1.29 is 10.0 Å². The van der Waals surface area contributed by atoms with E-state index in [1.807, 2.05) is 30.3 Å². The Balaban J connectivity index is 1.92. The lowest BCUT2D eigenvalue weighted by molar-refractivity contribution is 0.425. The molecule has 136 valence electrons. The zero-order valence-electron chi connectivity index (χ0n) is 15.5. The van der Waals surface area contributed by atoms with Gasteiger partial charge in [-0.15, -0.1) is 0 Å². The summed E-state index contributed by atoms with van der Waals surface area (Å²) in [6, 6.07) is 27.0. The molecule has 2 nitrogen and oxygen atoms in total. The molecular formula is C25H21BO2. The molecule has 0 radical (unpaired) electrons. The van der Waals surface area contributed by atoms with Crippen LogP contribution < -0.4 is 5.46 Å². The predicted octanol–water partition coefficient (Wildman–Crippen LogP) is 3.82. The summed E-state index contributed by atoms with van der Waals surface area (Å²) < 4.78 is 0. The van der Waals surface area contributed by atoms with E-state index in [9.17, 15) is 10.0 Å². The molecule has 0 fully saturated rings. The molecule has 3 aromatic carbocycles. The molecular weight excluding hydrogens is 343 g/mol. The fraction of sp³-hybridized carbons (Fsp3) is 0.120. The van der Waals surface area contributed by atoms with E-state index < -0.39 is 12.5 Å². The van der Waals surface area contributed by atoms with E-state index >= 15 is 0 Å². The van der Waals surface area contributed by atoms with Gasteiger partial charge in [0.15, 0.2) is 0 Å². The molecule has 3 aromatic rings. The molecule has 0 aromatic heterocycles. The van der Waals surface area contributed by atoms with Crippen molar-refractivity contribution in [2.45, 2.75) is 18.3 Å². The molecule has 2 N–H and O–H groups in total. The molecule has 0 bridgehead atoms. The van der Waals surface area contributed by atoms with Gasteiger partial charge >= 0.3 is 7.12 Å². The van der Waals surface area contributed by atoms with Crippen LogP contribution in [0.25, 0.3) is 5.57 Å². The summed E-state index contributed by atoms with van der Waals surface area (Å²) in [4.78, 5) is 0. The maximum Gasteiger partial charge on any atom is 0.488 e. The van der Waals surface area contributed by atoms with Crippen LogP contribution in [0.4, 0.5) is 0 Å². The van der Waals surface area contributed by atoms with Crippen LogP contribution in [0.5, 0.6) is 0 Å². The quantitative estimate of drug-likeness (QED) is 0.694. The first-order valence-corrected chi connectivity index (χ1v) is 9.75. The second-order valence-electron chi connectivity index (χ2n) is 7.49. The predicted molar refractivity (Wildman–Crippen MR) is 114 cm³/mol. The van der Waals surface area contributed by atoms with Gasteiger partial charge in [-0.25, -0.2) is 0 Å². The van der Waals surface area contributed by atoms with Crippen molar-refractivity contribution >= 4 is 18.2 Å². The van der Waals surface area contributed by atoms with Crippen LogP contribution in [0, 0.1) is 0 Å². The van der Waals surface area contributed by atoms with Gasteiger partial charge in [0.2, 0.25) is 0 Å². The smallest absolute Gasteiger partial charge is 0.423 e. The van der Waals surface area contributed by atoms with E-state index in [2.05, 4.69) is 60.7 Å². The summed E-state index contributed by atoms with van der Waals surface area (Å²) >= 11 is 0. The largest absolute Gasteiger partial charge is 0.488 e. The van der Waals surface area contributed by atoms with Crippen LogP contribution in [0.1, 0.15) is 35.1 Å². The SMILES string of the molecule is OB(O)c1ccc2c(c1)C(c1ccccc1)(c1ccccc1)C1=C2C=CCC1. The van der Waals surface area contributed by atoms with Crippen molar-refractivity contribution in [3.63, 3.8) is 0 Å². The van der Waals surface area contributed by atoms with Crippen LogP contribution in [-0.2, 0) is 5.41 Å². The van der Waals surface area contributed by atoms with Crippen LogP contribution in [-0.4, -0.2) is 17.2 Å². The monoisotopic (exact) mass is 364 g/mol. The highest BCUT2D eigenvalue weighted by molar-refractivity contribution is 6.58. The van der Waals surface area contributed by atoms with E-state index in [-0.39, 0.29) is 0 Å². The summed E-state index contributed by atoms with van der Waals surface area (Å²) in [6.07, 6.45) is 6.48. The number of allylic oxidation sites excluding steroid dienone is 4. The minimum atomic E-state index is -1.48. The molecule has 0 aliphatic heterocycles. The van der Waals surface area contributed by atoms with Crippen molar-refractivity contribution in [1.29, 1.82) is 0 Å². The lowest BCUT2D eigenvalue weighted by Gasteiger charge is -2.36. The third-order valence-electron chi connectivity index (χ3n) is 6.07. The Morgan fingerprint density at radius 2 is 1.43 bits per heavy atom. The van der Waals surface area contributed by atoms with Crippen molar-refractivity contribution in [1.82, 2.24) is 0 Å². The highest BCUT2D eigenvalue weighted by Gasteiger charge is 2.47. The molecule has 0 saturated heterocycles. The molecule has 5 rings (SSSR count). The Bertz CT molecular complexity index is 1040. The fourth-order valence-corrected chi connectivity index (χ4v) is 4.94. The van der Waals surface area contributed by atoms with Gasteiger partial charge in [0.05, 0.1) is 5.41 Å². The first kappa shape index (κ1) is 17.2. The molecule has 0 spiro atoms. The molecule has 0 amide bonds. The average Bonchev–Trinajstić information content (AvgIpc) is 3.05. The maximum atomic E-state index is 9.85. The number of benzene rings is 3. The molecule has 28 heavy (non-hydrogen) atoms. The van der Waals surface area contributed by atoms with E-state index in [0.717, 1.165) is 18.4 Å². The van der Waals surface area contributed by atoms with E-state index in [1.165, 1.54) is 27.8 Å². The first-order valence-electron chi connectivity index (χ1n) is 9.75. The van der Waals surface area contributed by atoms with Gasteiger partial charge in [0.25, 0.3) is 0 Å². The Morgan fingerprint density at radius 1 is 0.786 bits per heavy atom. The first-order chi connectivity index (χ1) is 13.7. The average molecular weight is 364 g/mol. The topological polar surface area (TPSA) is 40.5 Å². The Labute approximate surface area is 165 Å². The number of fused-ring (bicyclic) bond motifs is 2. The second-order valence-corrected chi connectivity index (χ2v) is 7.49. The van der Waals surface area contributed by atoms with Crippen LogP contribution in [0.2, 0.25) is 0 Å². The van der Waals surface area contributed by atoms with Crippen molar-refractivity contribution in [3.05, 3.63) is 119 Å². The molecule has 0 saturated carbocycles. The summed E-state index contributed by atoms with van der Waals surface area (Å²) in [5, 5.41) is 19.7. The lowest BCUT2D eigenvalue weighted by Crippen LogP contribution is -2.34. The van der Waals surface area contributed by atoms with Crippen LogP contribution >= 0.6 is 0 Å². The molecule has 0 atom stereocenters.